The number of hydrogen-bond donors (Lipinski definition) is 0. The molecule has 3 aromatic rings. The summed E-state index contributed by atoms with van der Waals surface area (Å²) in [7, 11) is 0. The van der Waals surface area contributed by atoms with Crippen molar-refractivity contribution in [1.82, 2.24) is 15.2 Å². The number of halogens is 1. The fraction of sp³-hybridized carbons (Fsp3) is 0.0714. The van der Waals surface area contributed by atoms with Crippen molar-refractivity contribution in [2.75, 3.05) is 0 Å². The lowest BCUT2D eigenvalue weighted by atomic mass is 10.1. The summed E-state index contributed by atoms with van der Waals surface area (Å²) in [5.74, 6) is 0.376. The Balaban J connectivity index is 2.05. The first-order valence-electron chi connectivity index (χ1n) is 5.75. The summed E-state index contributed by atoms with van der Waals surface area (Å²) in [4.78, 5) is 3.99. The highest BCUT2D eigenvalue weighted by Crippen LogP contribution is 2.26. The van der Waals surface area contributed by atoms with Crippen LogP contribution in [-0.2, 0) is 0 Å². The molecule has 0 fully saturated rings. The molecule has 2 heterocycles. The van der Waals surface area contributed by atoms with E-state index in [-0.39, 0.29) is 5.82 Å². The minimum atomic E-state index is -0.293. The molecule has 5 heteroatoms. The van der Waals surface area contributed by atoms with Gasteiger partial charge in [-0.05, 0) is 36.8 Å². The average Bonchev–Trinajstić information content (AvgIpc) is 2.92. The Morgan fingerprint density at radius 3 is 2.68 bits per heavy atom. The van der Waals surface area contributed by atoms with Crippen LogP contribution in [0, 0.1) is 12.7 Å². The molecule has 0 unspecified atom stereocenters. The van der Waals surface area contributed by atoms with Crippen molar-refractivity contribution < 1.29 is 8.81 Å². The second-order valence-electron chi connectivity index (χ2n) is 4.07. The summed E-state index contributed by atoms with van der Waals surface area (Å²) in [6.07, 6.45) is 3.30. The molecule has 0 saturated heterocycles. The van der Waals surface area contributed by atoms with Gasteiger partial charge in [0, 0.05) is 18.0 Å². The molecule has 1 aromatic carbocycles. The first-order chi connectivity index (χ1) is 9.25. The van der Waals surface area contributed by atoms with Crippen LogP contribution in [-0.4, -0.2) is 15.2 Å². The number of nitrogens with zero attached hydrogens (tertiary/aromatic N) is 3. The fourth-order valence-corrected chi connectivity index (χ4v) is 1.78. The van der Waals surface area contributed by atoms with Gasteiger partial charge < -0.3 is 4.42 Å². The fourth-order valence-electron chi connectivity index (χ4n) is 1.78. The minimum absolute atomic E-state index is 0.293. The van der Waals surface area contributed by atoms with E-state index in [4.69, 9.17) is 4.42 Å². The molecule has 2 aromatic heterocycles. The van der Waals surface area contributed by atoms with Crippen LogP contribution in [0.25, 0.3) is 22.9 Å². The van der Waals surface area contributed by atoms with Crippen LogP contribution in [0.3, 0.4) is 0 Å². The molecular formula is C14H10FN3O. The number of aromatic nitrogens is 3. The summed E-state index contributed by atoms with van der Waals surface area (Å²) in [5.41, 5.74) is 1.82. The normalized spacial score (nSPS) is 10.6. The highest BCUT2D eigenvalue weighted by atomic mass is 19.1. The zero-order valence-corrected chi connectivity index (χ0v) is 10.2. The third kappa shape index (κ3) is 2.10. The van der Waals surface area contributed by atoms with E-state index in [9.17, 15) is 4.39 Å². The predicted octanol–water partition coefficient (Wildman–Crippen LogP) is 3.25. The van der Waals surface area contributed by atoms with E-state index < -0.39 is 0 Å². The Labute approximate surface area is 108 Å². The van der Waals surface area contributed by atoms with Gasteiger partial charge in [-0.25, -0.2) is 4.39 Å². The molecule has 19 heavy (non-hydrogen) atoms. The zero-order chi connectivity index (χ0) is 13.2. The Kier molecular flexibility index (Phi) is 2.79. The maximum absolute atomic E-state index is 13.5. The summed E-state index contributed by atoms with van der Waals surface area (Å²) in [6, 6.07) is 8.37. The average molecular weight is 255 g/mol. The lowest BCUT2D eigenvalue weighted by Gasteiger charge is -2.01. The van der Waals surface area contributed by atoms with E-state index in [2.05, 4.69) is 15.2 Å². The van der Waals surface area contributed by atoms with E-state index >= 15 is 0 Å². The van der Waals surface area contributed by atoms with Gasteiger partial charge in [-0.3, -0.25) is 4.98 Å². The Bertz CT molecular complexity index is 710. The third-order valence-electron chi connectivity index (χ3n) is 2.83. The van der Waals surface area contributed by atoms with Crippen molar-refractivity contribution >= 4 is 0 Å². The van der Waals surface area contributed by atoms with Crippen molar-refractivity contribution in [1.29, 1.82) is 0 Å². The first kappa shape index (κ1) is 11.5. The summed E-state index contributed by atoms with van der Waals surface area (Å²) in [5, 5.41) is 7.91. The monoisotopic (exact) mass is 255 g/mol. The molecule has 0 bridgehead atoms. The molecule has 0 aliphatic carbocycles. The van der Waals surface area contributed by atoms with E-state index in [1.807, 2.05) is 6.07 Å². The van der Waals surface area contributed by atoms with Crippen molar-refractivity contribution in [3.63, 3.8) is 0 Å². The topological polar surface area (TPSA) is 51.8 Å². The van der Waals surface area contributed by atoms with Gasteiger partial charge in [0.25, 0.3) is 0 Å². The van der Waals surface area contributed by atoms with Crippen molar-refractivity contribution in [3.05, 3.63) is 54.1 Å². The number of pyridine rings is 1. The lowest BCUT2D eigenvalue weighted by Crippen LogP contribution is -1.87. The van der Waals surface area contributed by atoms with Crippen LogP contribution in [0.4, 0.5) is 4.39 Å². The predicted molar refractivity (Wildman–Crippen MR) is 67.7 cm³/mol. The zero-order valence-electron chi connectivity index (χ0n) is 10.2. The first-order valence-corrected chi connectivity index (χ1v) is 5.75. The molecule has 3 rings (SSSR count). The van der Waals surface area contributed by atoms with Gasteiger partial charge in [0.2, 0.25) is 11.8 Å². The number of rotatable bonds is 2. The van der Waals surface area contributed by atoms with Gasteiger partial charge in [-0.2, -0.15) is 0 Å². The Morgan fingerprint density at radius 1 is 1.05 bits per heavy atom. The minimum Gasteiger partial charge on any atom is -0.416 e. The van der Waals surface area contributed by atoms with Crippen molar-refractivity contribution in [3.8, 4) is 22.9 Å². The van der Waals surface area contributed by atoms with Gasteiger partial charge in [0.05, 0.1) is 5.56 Å². The van der Waals surface area contributed by atoms with E-state index in [1.54, 1.807) is 37.5 Å². The molecule has 0 spiro atoms. The Hall–Kier alpha value is -2.56. The summed E-state index contributed by atoms with van der Waals surface area (Å²) < 4.78 is 19.1. The van der Waals surface area contributed by atoms with Gasteiger partial charge in [0.15, 0.2) is 0 Å². The van der Waals surface area contributed by atoms with Crippen molar-refractivity contribution in [2.24, 2.45) is 0 Å². The van der Waals surface area contributed by atoms with E-state index in [0.717, 1.165) is 5.56 Å². The molecular weight excluding hydrogens is 245 g/mol. The molecule has 0 amide bonds. The van der Waals surface area contributed by atoms with Crippen molar-refractivity contribution in [2.45, 2.75) is 6.92 Å². The highest BCUT2D eigenvalue weighted by molar-refractivity contribution is 5.60. The van der Waals surface area contributed by atoms with Gasteiger partial charge in [-0.1, -0.05) is 6.07 Å². The second kappa shape index (κ2) is 4.61. The molecule has 0 aliphatic heterocycles. The molecule has 0 radical (unpaired) electrons. The van der Waals surface area contributed by atoms with Gasteiger partial charge in [0.1, 0.15) is 5.82 Å². The molecule has 0 N–H and O–H groups in total. The van der Waals surface area contributed by atoms with Crippen LogP contribution in [0.15, 0.2) is 47.1 Å². The van der Waals surface area contributed by atoms with Gasteiger partial charge >= 0.3 is 0 Å². The van der Waals surface area contributed by atoms with Crippen LogP contribution in [0.2, 0.25) is 0 Å². The number of benzene rings is 1. The highest BCUT2D eigenvalue weighted by Gasteiger charge is 2.13. The van der Waals surface area contributed by atoms with E-state index in [0.29, 0.717) is 22.9 Å². The molecule has 0 aliphatic rings. The number of hydrogen-bond acceptors (Lipinski definition) is 4. The van der Waals surface area contributed by atoms with Crippen LogP contribution in [0.1, 0.15) is 5.56 Å². The van der Waals surface area contributed by atoms with Crippen LogP contribution >= 0.6 is 0 Å². The Morgan fingerprint density at radius 2 is 1.89 bits per heavy atom. The lowest BCUT2D eigenvalue weighted by molar-refractivity contribution is 0.580. The maximum Gasteiger partial charge on any atom is 0.249 e. The summed E-state index contributed by atoms with van der Waals surface area (Å²) >= 11 is 0. The molecule has 0 atom stereocenters. The molecule has 0 saturated carbocycles. The quantitative estimate of drug-likeness (QED) is 0.705. The molecule has 94 valence electrons. The third-order valence-corrected chi connectivity index (χ3v) is 2.83. The SMILES string of the molecule is Cc1c(F)cccc1-c1nnc(-c2cccnc2)o1. The smallest absolute Gasteiger partial charge is 0.249 e. The van der Waals surface area contributed by atoms with Crippen LogP contribution < -0.4 is 0 Å². The molecule has 4 nitrogen and oxygen atoms in total. The van der Waals surface area contributed by atoms with Crippen LogP contribution in [0.5, 0.6) is 0 Å². The second-order valence-corrected chi connectivity index (χ2v) is 4.07. The van der Waals surface area contributed by atoms with E-state index in [1.165, 1.54) is 6.07 Å². The largest absolute Gasteiger partial charge is 0.416 e. The summed E-state index contributed by atoms with van der Waals surface area (Å²) in [6.45, 7) is 1.68. The standard InChI is InChI=1S/C14H10FN3O/c1-9-11(5-2-6-12(9)15)14-18-17-13(19-14)10-4-3-7-16-8-10/h2-8H,1H3. The van der Waals surface area contributed by atoms with Gasteiger partial charge in [-0.15, -0.1) is 10.2 Å². The maximum atomic E-state index is 13.5.